The largest absolute Gasteiger partial charge is 0.387 e. The van der Waals surface area contributed by atoms with Crippen molar-refractivity contribution in [2.75, 3.05) is 17.1 Å². The second-order valence-corrected chi connectivity index (χ2v) is 5.89. The number of rotatable bonds is 5. The van der Waals surface area contributed by atoms with E-state index in [0.717, 1.165) is 12.0 Å². The van der Waals surface area contributed by atoms with Crippen molar-refractivity contribution in [1.29, 1.82) is 0 Å². The van der Waals surface area contributed by atoms with Gasteiger partial charge in [0.1, 0.15) is 4.90 Å². The third-order valence-corrected chi connectivity index (χ3v) is 4.38. The maximum atomic E-state index is 12.5. The molecule has 106 valence electrons. The van der Waals surface area contributed by atoms with Gasteiger partial charge in [-0.3, -0.25) is 9.71 Å². The minimum Gasteiger partial charge on any atom is -0.387 e. The summed E-state index contributed by atoms with van der Waals surface area (Å²) in [5.41, 5.74) is 2.06. The molecule has 0 bridgehead atoms. The summed E-state index contributed by atoms with van der Waals surface area (Å²) in [6.07, 6.45) is 3.64. The van der Waals surface area contributed by atoms with Crippen molar-refractivity contribution in [2.45, 2.75) is 18.2 Å². The van der Waals surface area contributed by atoms with Crippen LogP contribution in [0.25, 0.3) is 0 Å². The first-order chi connectivity index (χ1) is 9.58. The van der Waals surface area contributed by atoms with Crippen molar-refractivity contribution in [2.24, 2.45) is 0 Å². The Hall–Kier alpha value is -2.08. The molecular weight excluding hydrogens is 274 g/mol. The number of sulfonamides is 1. The summed E-state index contributed by atoms with van der Waals surface area (Å²) in [6.45, 7) is 1.98. The van der Waals surface area contributed by atoms with Crippen LogP contribution in [-0.2, 0) is 16.4 Å². The van der Waals surface area contributed by atoms with E-state index in [1.54, 1.807) is 31.4 Å². The highest BCUT2D eigenvalue weighted by molar-refractivity contribution is 7.92. The average molecular weight is 291 g/mol. The number of hydrogen-bond donors (Lipinski definition) is 2. The molecule has 0 radical (unpaired) electrons. The topological polar surface area (TPSA) is 71.1 Å². The number of nitrogens with one attached hydrogen (secondary N) is 2. The number of aryl methyl sites for hydroxylation is 1. The quantitative estimate of drug-likeness (QED) is 0.888. The number of pyridine rings is 1. The van der Waals surface area contributed by atoms with Crippen LogP contribution in [0.1, 0.15) is 12.5 Å². The third kappa shape index (κ3) is 2.91. The first-order valence-electron chi connectivity index (χ1n) is 6.31. The molecule has 0 spiro atoms. The second-order valence-electron chi connectivity index (χ2n) is 4.24. The summed E-state index contributed by atoms with van der Waals surface area (Å²) in [6, 6.07) is 8.98. The Morgan fingerprint density at radius 3 is 2.60 bits per heavy atom. The van der Waals surface area contributed by atoms with Gasteiger partial charge in [-0.25, -0.2) is 8.42 Å². The van der Waals surface area contributed by atoms with Gasteiger partial charge in [0.25, 0.3) is 10.0 Å². The number of para-hydroxylation sites is 1. The standard InChI is InChI=1S/C14H17N3O2S/c1-3-11-6-4-5-7-12(11)17-20(18,19)14-10-16-9-8-13(14)15-2/h4-10,17H,3H2,1-2H3,(H,15,16). The Morgan fingerprint density at radius 2 is 1.90 bits per heavy atom. The van der Waals surface area contributed by atoms with Crippen LogP contribution in [0.4, 0.5) is 11.4 Å². The Kier molecular flexibility index (Phi) is 4.24. The summed E-state index contributed by atoms with van der Waals surface area (Å²) in [5.74, 6) is 0. The van der Waals surface area contributed by atoms with E-state index >= 15 is 0 Å². The zero-order valence-electron chi connectivity index (χ0n) is 11.4. The van der Waals surface area contributed by atoms with E-state index in [-0.39, 0.29) is 4.90 Å². The van der Waals surface area contributed by atoms with E-state index in [9.17, 15) is 8.42 Å². The molecule has 0 saturated carbocycles. The van der Waals surface area contributed by atoms with Gasteiger partial charge in [0.2, 0.25) is 0 Å². The molecule has 2 N–H and O–H groups in total. The lowest BCUT2D eigenvalue weighted by molar-refractivity contribution is 0.601. The minimum atomic E-state index is -3.66. The van der Waals surface area contributed by atoms with E-state index in [1.165, 1.54) is 6.20 Å². The van der Waals surface area contributed by atoms with Gasteiger partial charge in [-0.15, -0.1) is 0 Å². The fraction of sp³-hybridized carbons (Fsp3) is 0.214. The van der Waals surface area contributed by atoms with Gasteiger partial charge in [-0.05, 0) is 24.1 Å². The van der Waals surface area contributed by atoms with Gasteiger partial charge < -0.3 is 5.32 Å². The Morgan fingerprint density at radius 1 is 1.15 bits per heavy atom. The summed E-state index contributed by atoms with van der Waals surface area (Å²) in [4.78, 5) is 4.02. The molecule has 2 aromatic rings. The molecule has 0 saturated heterocycles. The maximum absolute atomic E-state index is 12.5. The molecule has 2 rings (SSSR count). The number of benzene rings is 1. The molecule has 1 aromatic heterocycles. The molecule has 0 amide bonds. The Labute approximate surface area is 119 Å². The van der Waals surface area contributed by atoms with Crippen molar-refractivity contribution in [3.8, 4) is 0 Å². The van der Waals surface area contributed by atoms with E-state index in [4.69, 9.17) is 0 Å². The highest BCUT2D eigenvalue weighted by Gasteiger charge is 2.19. The van der Waals surface area contributed by atoms with E-state index in [1.807, 2.05) is 19.1 Å². The fourth-order valence-electron chi connectivity index (χ4n) is 1.93. The summed E-state index contributed by atoms with van der Waals surface area (Å²) < 4.78 is 27.5. The molecule has 1 aromatic carbocycles. The van der Waals surface area contributed by atoms with Crippen LogP contribution in [0, 0.1) is 0 Å². The number of nitrogens with zero attached hydrogens (tertiary/aromatic N) is 1. The van der Waals surface area contributed by atoms with Crippen LogP contribution in [0.15, 0.2) is 47.6 Å². The van der Waals surface area contributed by atoms with Gasteiger partial charge in [-0.2, -0.15) is 0 Å². The first-order valence-corrected chi connectivity index (χ1v) is 7.79. The lowest BCUT2D eigenvalue weighted by atomic mass is 10.1. The Bertz CT molecular complexity index is 699. The number of hydrogen-bond acceptors (Lipinski definition) is 4. The summed E-state index contributed by atoms with van der Waals surface area (Å²) >= 11 is 0. The van der Waals surface area contributed by atoms with Gasteiger partial charge in [-0.1, -0.05) is 25.1 Å². The fourth-order valence-corrected chi connectivity index (χ4v) is 3.19. The molecular formula is C14H17N3O2S. The molecule has 0 aliphatic carbocycles. The van der Waals surface area contributed by atoms with E-state index < -0.39 is 10.0 Å². The highest BCUT2D eigenvalue weighted by Crippen LogP contribution is 2.24. The summed E-state index contributed by atoms with van der Waals surface area (Å²) in [7, 11) is -1.99. The summed E-state index contributed by atoms with van der Waals surface area (Å²) in [5, 5.41) is 2.86. The van der Waals surface area contributed by atoms with Crippen LogP contribution >= 0.6 is 0 Å². The van der Waals surface area contributed by atoms with Crippen LogP contribution in [-0.4, -0.2) is 20.4 Å². The second kappa shape index (κ2) is 5.92. The molecule has 0 atom stereocenters. The third-order valence-electron chi connectivity index (χ3n) is 2.99. The SMILES string of the molecule is CCc1ccccc1NS(=O)(=O)c1cnccc1NC. The zero-order valence-corrected chi connectivity index (χ0v) is 12.2. The predicted molar refractivity (Wildman–Crippen MR) is 80.4 cm³/mol. The van der Waals surface area contributed by atoms with Crippen molar-refractivity contribution in [1.82, 2.24) is 4.98 Å². The zero-order chi connectivity index (χ0) is 14.6. The number of aromatic nitrogens is 1. The molecule has 0 aliphatic rings. The van der Waals surface area contributed by atoms with Crippen LogP contribution < -0.4 is 10.0 Å². The first kappa shape index (κ1) is 14.3. The van der Waals surface area contributed by atoms with Gasteiger partial charge in [0, 0.05) is 19.4 Å². The molecule has 0 aliphatic heterocycles. The van der Waals surface area contributed by atoms with Crippen LogP contribution in [0.2, 0.25) is 0 Å². The molecule has 0 fully saturated rings. The Balaban J connectivity index is 2.41. The molecule has 5 nitrogen and oxygen atoms in total. The predicted octanol–water partition coefficient (Wildman–Crippen LogP) is 2.49. The van der Waals surface area contributed by atoms with E-state index in [0.29, 0.717) is 11.4 Å². The monoisotopic (exact) mass is 291 g/mol. The van der Waals surface area contributed by atoms with Crippen molar-refractivity contribution in [3.63, 3.8) is 0 Å². The van der Waals surface area contributed by atoms with Crippen molar-refractivity contribution < 1.29 is 8.42 Å². The average Bonchev–Trinajstić information content (AvgIpc) is 2.47. The van der Waals surface area contributed by atoms with E-state index in [2.05, 4.69) is 15.0 Å². The molecule has 0 unspecified atom stereocenters. The van der Waals surface area contributed by atoms with Crippen LogP contribution in [0.5, 0.6) is 0 Å². The minimum absolute atomic E-state index is 0.133. The highest BCUT2D eigenvalue weighted by atomic mass is 32.2. The van der Waals surface area contributed by atoms with Crippen molar-refractivity contribution >= 4 is 21.4 Å². The van der Waals surface area contributed by atoms with Gasteiger partial charge in [0.05, 0.1) is 11.4 Å². The molecule has 20 heavy (non-hydrogen) atoms. The van der Waals surface area contributed by atoms with Crippen molar-refractivity contribution in [3.05, 3.63) is 48.3 Å². The van der Waals surface area contributed by atoms with Gasteiger partial charge in [0.15, 0.2) is 0 Å². The lowest BCUT2D eigenvalue weighted by Gasteiger charge is -2.13. The molecule has 1 heterocycles. The lowest BCUT2D eigenvalue weighted by Crippen LogP contribution is -2.16. The smallest absolute Gasteiger partial charge is 0.265 e. The molecule has 6 heteroatoms. The van der Waals surface area contributed by atoms with Crippen LogP contribution in [0.3, 0.4) is 0 Å². The normalized spacial score (nSPS) is 11.1. The number of anilines is 2. The maximum Gasteiger partial charge on any atom is 0.265 e. The van der Waals surface area contributed by atoms with Gasteiger partial charge >= 0.3 is 0 Å².